The van der Waals surface area contributed by atoms with E-state index in [-0.39, 0.29) is 18.3 Å². The maximum atomic E-state index is 10.6. The van der Waals surface area contributed by atoms with Gasteiger partial charge in [-0.3, -0.25) is 9.78 Å². The lowest BCUT2D eigenvalue weighted by molar-refractivity contribution is -0.119. The van der Waals surface area contributed by atoms with Crippen molar-refractivity contribution in [3.63, 3.8) is 0 Å². The second-order valence-corrected chi connectivity index (χ2v) is 2.91. The monoisotopic (exact) mass is 230 g/mol. The minimum absolute atomic E-state index is 0. The lowest BCUT2D eigenvalue weighted by atomic mass is 9.81. The third-order valence-corrected chi connectivity index (χ3v) is 1.66. The van der Waals surface area contributed by atoms with E-state index in [2.05, 4.69) is 10.3 Å². The quantitative estimate of drug-likeness (QED) is 0.571. The van der Waals surface area contributed by atoms with Crippen LogP contribution in [0.5, 0.6) is 0 Å². The van der Waals surface area contributed by atoms with Crippen molar-refractivity contribution in [2.24, 2.45) is 0 Å². The molecule has 3 N–H and O–H groups in total. The molecule has 0 fully saturated rings. The first-order valence-electron chi connectivity index (χ1n) is 4.14. The number of pyridine rings is 1. The molecule has 0 saturated heterocycles. The fourth-order valence-corrected chi connectivity index (χ4v) is 0.972. The summed E-state index contributed by atoms with van der Waals surface area (Å²) >= 11 is 0. The van der Waals surface area contributed by atoms with Gasteiger partial charge in [0, 0.05) is 31.3 Å². The highest BCUT2D eigenvalue weighted by Crippen LogP contribution is 1.93. The first-order valence-corrected chi connectivity index (χ1v) is 4.14. The smallest absolute Gasteiger partial charge is 0.423 e. The molecule has 0 aromatic carbocycles. The Morgan fingerprint density at radius 2 is 2.20 bits per heavy atom. The van der Waals surface area contributed by atoms with Gasteiger partial charge in [0.25, 0.3) is 0 Å². The molecule has 0 bridgehead atoms. The largest absolute Gasteiger partial charge is 0.490 e. The van der Waals surface area contributed by atoms with Crippen LogP contribution < -0.4 is 10.8 Å². The van der Waals surface area contributed by atoms with Crippen molar-refractivity contribution in [1.29, 1.82) is 0 Å². The van der Waals surface area contributed by atoms with Crippen molar-refractivity contribution in [3.05, 3.63) is 24.0 Å². The molecule has 1 rings (SSSR count). The molecular weight excluding hydrogens is 218 g/mol. The number of aromatic nitrogens is 1. The zero-order valence-electron chi connectivity index (χ0n) is 8.17. The molecule has 82 valence electrons. The van der Waals surface area contributed by atoms with E-state index in [0.29, 0.717) is 12.0 Å². The highest BCUT2D eigenvalue weighted by molar-refractivity contribution is 6.58. The van der Waals surface area contributed by atoms with Crippen LogP contribution >= 0.6 is 12.4 Å². The minimum atomic E-state index is -1.53. The van der Waals surface area contributed by atoms with E-state index in [4.69, 9.17) is 10.0 Å². The SMILES string of the molecule is CC(=O)NCc1cncc(B(O)O)c1.Cl. The van der Waals surface area contributed by atoms with E-state index in [1.165, 1.54) is 13.1 Å². The summed E-state index contributed by atoms with van der Waals surface area (Å²) in [6, 6.07) is 1.58. The molecule has 0 aliphatic rings. The van der Waals surface area contributed by atoms with Gasteiger partial charge in [-0.05, 0) is 5.56 Å². The summed E-state index contributed by atoms with van der Waals surface area (Å²) in [7, 11) is -1.53. The second kappa shape index (κ2) is 6.39. The normalized spacial score (nSPS) is 9.00. The molecular formula is C8H12BClN2O3. The number of nitrogens with one attached hydrogen (secondary N) is 1. The first kappa shape index (κ1) is 13.9. The number of hydrogen-bond acceptors (Lipinski definition) is 4. The van der Waals surface area contributed by atoms with Crippen molar-refractivity contribution in [2.45, 2.75) is 13.5 Å². The summed E-state index contributed by atoms with van der Waals surface area (Å²) in [6.45, 7) is 1.75. The van der Waals surface area contributed by atoms with Gasteiger partial charge in [-0.1, -0.05) is 6.07 Å². The van der Waals surface area contributed by atoms with Crippen LogP contribution in [0, 0.1) is 0 Å². The predicted octanol–water partition coefficient (Wildman–Crippen LogP) is -1.18. The van der Waals surface area contributed by atoms with E-state index in [9.17, 15) is 4.79 Å². The number of halogens is 1. The third-order valence-electron chi connectivity index (χ3n) is 1.66. The summed E-state index contributed by atoms with van der Waals surface area (Å²) in [4.78, 5) is 14.4. The molecule has 1 amide bonds. The zero-order valence-corrected chi connectivity index (χ0v) is 8.99. The van der Waals surface area contributed by atoms with Crippen molar-refractivity contribution in [3.8, 4) is 0 Å². The maximum Gasteiger partial charge on any atom is 0.490 e. The lowest BCUT2D eigenvalue weighted by Crippen LogP contribution is -2.31. The van der Waals surface area contributed by atoms with E-state index in [0.717, 1.165) is 5.56 Å². The molecule has 0 saturated carbocycles. The molecule has 0 spiro atoms. The Kier molecular flexibility index (Phi) is 5.92. The van der Waals surface area contributed by atoms with Gasteiger partial charge in [0.2, 0.25) is 5.91 Å². The molecule has 1 heterocycles. The highest BCUT2D eigenvalue weighted by atomic mass is 35.5. The van der Waals surface area contributed by atoms with Crippen LogP contribution in [0.15, 0.2) is 18.5 Å². The fourth-order valence-electron chi connectivity index (χ4n) is 0.972. The van der Waals surface area contributed by atoms with Crippen molar-refractivity contribution in [2.75, 3.05) is 0 Å². The third kappa shape index (κ3) is 4.78. The number of nitrogens with zero attached hydrogens (tertiary/aromatic N) is 1. The summed E-state index contributed by atoms with van der Waals surface area (Å²) < 4.78 is 0. The minimum Gasteiger partial charge on any atom is -0.423 e. The Labute approximate surface area is 94.1 Å². The Balaban J connectivity index is 0.00000196. The van der Waals surface area contributed by atoms with Gasteiger partial charge in [-0.15, -0.1) is 12.4 Å². The van der Waals surface area contributed by atoms with Gasteiger partial charge >= 0.3 is 7.12 Å². The van der Waals surface area contributed by atoms with E-state index >= 15 is 0 Å². The fraction of sp³-hybridized carbons (Fsp3) is 0.250. The van der Waals surface area contributed by atoms with Crippen molar-refractivity contribution in [1.82, 2.24) is 10.3 Å². The Morgan fingerprint density at radius 1 is 1.53 bits per heavy atom. The maximum absolute atomic E-state index is 10.6. The number of hydrogen-bond donors (Lipinski definition) is 3. The summed E-state index contributed by atoms with van der Waals surface area (Å²) in [6.07, 6.45) is 2.92. The molecule has 1 aromatic heterocycles. The Hall–Kier alpha value is -1.11. The van der Waals surface area contributed by atoms with Crippen LogP contribution in [-0.2, 0) is 11.3 Å². The summed E-state index contributed by atoms with van der Waals surface area (Å²) in [5.74, 6) is -0.139. The first-order chi connectivity index (χ1) is 6.59. The number of carbonyl (C=O) groups excluding carboxylic acids is 1. The number of amides is 1. The molecule has 0 aliphatic heterocycles. The van der Waals surface area contributed by atoms with Gasteiger partial charge in [-0.2, -0.15) is 0 Å². The van der Waals surface area contributed by atoms with Crippen LogP contribution in [0.2, 0.25) is 0 Å². The van der Waals surface area contributed by atoms with Gasteiger partial charge in [0.1, 0.15) is 0 Å². The summed E-state index contributed by atoms with van der Waals surface area (Å²) in [5, 5.41) is 20.3. The molecule has 5 nitrogen and oxygen atoms in total. The van der Waals surface area contributed by atoms with Gasteiger partial charge in [0.15, 0.2) is 0 Å². The highest BCUT2D eigenvalue weighted by Gasteiger charge is 2.11. The molecule has 0 unspecified atom stereocenters. The molecule has 1 aromatic rings. The molecule has 7 heteroatoms. The van der Waals surface area contributed by atoms with E-state index in [1.807, 2.05) is 0 Å². The van der Waals surface area contributed by atoms with Crippen molar-refractivity contribution >= 4 is 30.9 Å². The topological polar surface area (TPSA) is 82.5 Å². The lowest BCUT2D eigenvalue weighted by Gasteiger charge is -2.04. The average Bonchev–Trinajstić information content (AvgIpc) is 2.15. The number of rotatable bonds is 3. The second-order valence-electron chi connectivity index (χ2n) is 2.91. The van der Waals surface area contributed by atoms with Gasteiger partial charge < -0.3 is 15.4 Å². The Morgan fingerprint density at radius 3 is 2.73 bits per heavy atom. The van der Waals surface area contributed by atoms with E-state index < -0.39 is 7.12 Å². The molecule has 0 atom stereocenters. The summed E-state index contributed by atoms with van der Waals surface area (Å²) in [5.41, 5.74) is 1.04. The van der Waals surface area contributed by atoms with Crippen LogP contribution in [0.25, 0.3) is 0 Å². The Bertz CT molecular complexity index is 335. The van der Waals surface area contributed by atoms with Gasteiger partial charge in [-0.25, -0.2) is 0 Å². The van der Waals surface area contributed by atoms with Crippen molar-refractivity contribution < 1.29 is 14.8 Å². The molecule has 15 heavy (non-hydrogen) atoms. The van der Waals surface area contributed by atoms with Crippen LogP contribution in [0.3, 0.4) is 0 Å². The van der Waals surface area contributed by atoms with Gasteiger partial charge in [0.05, 0.1) is 0 Å². The number of carbonyl (C=O) groups is 1. The van der Waals surface area contributed by atoms with Crippen LogP contribution in [0.4, 0.5) is 0 Å². The predicted molar refractivity (Wildman–Crippen MR) is 58.8 cm³/mol. The van der Waals surface area contributed by atoms with E-state index in [1.54, 1.807) is 12.3 Å². The zero-order chi connectivity index (χ0) is 10.6. The standard InChI is InChI=1S/C8H11BN2O3.ClH/c1-6(12)11-4-7-2-8(9(13)14)5-10-3-7;/h2-3,5,13-14H,4H2,1H3,(H,11,12);1H. The average molecular weight is 230 g/mol. The van der Waals surface area contributed by atoms with Crippen LogP contribution in [-0.4, -0.2) is 28.1 Å². The molecule has 0 aliphatic carbocycles. The van der Waals surface area contributed by atoms with Crippen LogP contribution in [0.1, 0.15) is 12.5 Å². The molecule has 0 radical (unpaired) electrons.